The van der Waals surface area contributed by atoms with Gasteiger partial charge in [-0.3, -0.25) is 4.79 Å². The number of phenolic OH excluding ortho intramolecular Hbond substituents is 1. The van der Waals surface area contributed by atoms with Gasteiger partial charge in [0.1, 0.15) is 11.5 Å². The third-order valence-electron chi connectivity index (χ3n) is 4.58. The zero-order valence-corrected chi connectivity index (χ0v) is 16.4. The van der Waals surface area contributed by atoms with Crippen LogP contribution in [0.5, 0.6) is 11.5 Å². The molecule has 1 aliphatic rings. The van der Waals surface area contributed by atoms with Gasteiger partial charge in [0.15, 0.2) is 5.12 Å². The van der Waals surface area contributed by atoms with Crippen LogP contribution < -0.4 is 4.74 Å². The molecule has 0 spiro atoms. The SMILES string of the molecule is COc1ccc(C=C(CSC(C)=O)B2OC(C)(C)C(C)(C)O2)c(O)c1. The van der Waals surface area contributed by atoms with Crippen LogP contribution in [0.25, 0.3) is 6.08 Å². The first kappa shape index (κ1) is 19.9. The minimum Gasteiger partial charge on any atom is -0.507 e. The van der Waals surface area contributed by atoms with Crippen LogP contribution in [0.1, 0.15) is 40.2 Å². The fourth-order valence-corrected chi connectivity index (χ4v) is 2.92. The number of thioether (sulfide) groups is 1. The molecule has 0 aliphatic carbocycles. The van der Waals surface area contributed by atoms with Crippen LogP contribution >= 0.6 is 11.8 Å². The molecular weight excluding hydrogens is 339 g/mol. The van der Waals surface area contributed by atoms with E-state index < -0.39 is 18.3 Å². The molecule has 2 rings (SSSR count). The summed E-state index contributed by atoms with van der Waals surface area (Å²) in [4.78, 5) is 11.4. The van der Waals surface area contributed by atoms with Gasteiger partial charge in [-0.05, 0) is 45.3 Å². The summed E-state index contributed by atoms with van der Waals surface area (Å²) in [7, 11) is 0.974. The third-order valence-corrected chi connectivity index (χ3v) is 5.46. The molecule has 5 nitrogen and oxygen atoms in total. The van der Waals surface area contributed by atoms with Gasteiger partial charge in [-0.2, -0.15) is 0 Å². The molecule has 1 aromatic carbocycles. The van der Waals surface area contributed by atoms with E-state index in [0.29, 0.717) is 17.1 Å². The van der Waals surface area contributed by atoms with Gasteiger partial charge in [0.05, 0.1) is 18.3 Å². The molecule has 0 atom stereocenters. The number of carbonyl (C=O) groups excluding carboxylic acids is 1. The molecule has 1 heterocycles. The molecule has 1 aromatic rings. The van der Waals surface area contributed by atoms with Crippen molar-refractivity contribution in [2.24, 2.45) is 0 Å². The number of hydrogen-bond acceptors (Lipinski definition) is 6. The monoisotopic (exact) mass is 364 g/mol. The lowest BCUT2D eigenvalue weighted by molar-refractivity contribution is -0.109. The van der Waals surface area contributed by atoms with Crippen molar-refractivity contribution in [1.29, 1.82) is 0 Å². The van der Waals surface area contributed by atoms with Gasteiger partial charge in [0, 0.05) is 24.3 Å². The van der Waals surface area contributed by atoms with Crippen molar-refractivity contribution < 1.29 is 23.9 Å². The van der Waals surface area contributed by atoms with Crippen molar-refractivity contribution in [3.63, 3.8) is 0 Å². The predicted octanol–water partition coefficient (Wildman–Crippen LogP) is 3.70. The Labute approximate surface area is 153 Å². The first-order valence-electron chi connectivity index (χ1n) is 8.12. The average molecular weight is 364 g/mol. The van der Waals surface area contributed by atoms with E-state index in [2.05, 4.69) is 0 Å². The number of ether oxygens (including phenoxy) is 1. The summed E-state index contributed by atoms with van der Waals surface area (Å²) in [6.45, 7) is 9.44. The van der Waals surface area contributed by atoms with Gasteiger partial charge in [0.2, 0.25) is 0 Å². The summed E-state index contributed by atoms with van der Waals surface area (Å²) in [5, 5.41) is 10.2. The number of aromatic hydroxyl groups is 1. The van der Waals surface area contributed by atoms with Crippen molar-refractivity contribution in [2.45, 2.75) is 45.8 Å². The maximum absolute atomic E-state index is 11.4. The number of hydrogen-bond donors (Lipinski definition) is 1. The van der Waals surface area contributed by atoms with Gasteiger partial charge < -0.3 is 19.2 Å². The summed E-state index contributed by atoms with van der Waals surface area (Å²) in [5.41, 5.74) is 0.466. The maximum atomic E-state index is 11.4. The fourth-order valence-electron chi connectivity index (χ4n) is 2.33. The van der Waals surface area contributed by atoms with Crippen LogP contribution in [0.2, 0.25) is 0 Å². The second-order valence-electron chi connectivity index (χ2n) is 7.01. The van der Waals surface area contributed by atoms with Crippen LogP contribution in [0, 0.1) is 0 Å². The standard InChI is InChI=1S/C18H25BO5S/c1-12(20)25-11-14(19-23-17(2,3)18(4,5)24-19)9-13-7-8-15(22-6)10-16(13)21/h7-10,21H,11H2,1-6H3. The minimum absolute atomic E-state index is 0.0152. The van der Waals surface area contributed by atoms with Crippen molar-refractivity contribution in [1.82, 2.24) is 0 Å². The highest BCUT2D eigenvalue weighted by Gasteiger charge is 2.52. The smallest absolute Gasteiger partial charge is 0.491 e. The van der Waals surface area contributed by atoms with E-state index in [1.807, 2.05) is 33.8 Å². The minimum atomic E-state index is -0.571. The van der Waals surface area contributed by atoms with E-state index in [9.17, 15) is 9.90 Å². The molecule has 1 aliphatic heterocycles. The van der Waals surface area contributed by atoms with Crippen molar-refractivity contribution in [3.8, 4) is 11.5 Å². The van der Waals surface area contributed by atoms with E-state index in [0.717, 1.165) is 5.47 Å². The summed E-state index contributed by atoms with van der Waals surface area (Å²) < 4.78 is 17.3. The van der Waals surface area contributed by atoms with E-state index in [-0.39, 0.29) is 10.9 Å². The lowest BCUT2D eigenvalue weighted by Gasteiger charge is -2.32. The Balaban J connectivity index is 2.35. The van der Waals surface area contributed by atoms with E-state index >= 15 is 0 Å². The third kappa shape index (κ3) is 4.60. The van der Waals surface area contributed by atoms with Crippen LogP contribution in [-0.4, -0.2) is 41.4 Å². The molecule has 0 radical (unpaired) electrons. The van der Waals surface area contributed by atoms with E-state index in [1.165, 1.54) is 18.7 Å². The van der Waals surface area contributed by atoms with Crippen LogP contribution in [0.4, 0.5) is 0 Å². The number of benzene rings is 1. The molecule has 1 N–H and O–H groups in total. The molecule has 1 saturated heterocycles. The molecular formula is C18H25BO5S. The Kier molecular flexibility index (Phi) is 5.91. The first-order valence-corrected chi connectivity index (χ1v) is 9.11. The highest BCUT2D eigenvalue weighted by Crippen LogP contribution is 2.39. The second kappa shape index (κ2) is 7.44. The Hall–Kier alpha value is -1.44. The van der Waals surface area contributed by atoms with E-state index in [1.54, 1.807) is 25.3 Å². The molecule has 0 amide bonds. The van der Waals surface area contributed by atoms with Gasteiger partial charge in [-0.15, -0.1) is 0 Å². The van der Waals surface area contributed by atoms with E-state index in [4.69, 9.17) is 14.0 Å². The van der Waals surface area contributed by atoms with Crippen molar-refractivity contribution >= 4 is 30.1 Å². The molecule has 0 unspecified atom stereocenters. The fraction of sp³-hybridized carbons (Fsp3) is 0.500. The Morgan fingerprint density at radius 2 is 1.88 bits per heavy atom. The zero-order valence-electron chi connectivity index (χ0n) is 15.6. The largest absolute Gasteiger partial charge is 0.507 e. The molecule has 1 fully saturated rings. The Morgan fingerprint density at radius 3 is 2.36 bits per heavy atom. The molecule has 136 valence electrons. The molecule has 7 heteroatoms. The van der Waals surface area contributed by atoms with Crippen LogP contribution in [0.15, 0.2) is 23.7 Å². The zero-order chi connectivity index (χ0) is 18.8. The lowest BCUT2D eigenvalue weighted by atomic mass is 9.78. The van der Waals surface area contributed by atoms with Gasteiger partial charge in [-0.25, -0.2) is 0 Å². The lowest BCUT2D eigenvalue weighted by Crippen LogP contribution is -2.41. The van der Waals surface area contributed by atoms with Crippen LogP contribution in [0.3, 0.4) is 0 Å². The van der Waals surface area contributed by atoms with Crippen molar-refractivity contribution in [3.05, 3.63) is 29.2 Å². The number of rotatable bonds is 5. The quantitative estimate of drug-likeness (QED) is 0.804. The predicted molar refractivity (Wildman–Crippen MR) is 102 cm³/mol. The van der Waals surface area contributed by atoms with Gasteiger partial charge in [-0.1, -0.05) is 17.8 Å². The summed E-state index contributed by atoms with van der Waals surface area (Å²) >= 11 is 1.19. The highest BCUT2D eigenvalue weighted by molar-refractivity contribution is 8.13. The average Bonchev–Trinajstić information content (AvgIpc) is 2.72. The topological polar surface area (TPSA) is 65.0 Å². The van der Waals surface area contributed by atoms with Crippen LogP contribution in [-0.2, 0) is 14.1 Å². The van der Waals surface area contributed by atoms with Gasteiger partial charge in [0.25, 0.3) is 0 Å². The molecule has 25 heavy (non-hydrogen) atoms. The molecule has 0 saturated carbocycles. The normalized spacial score (nSPS) is 19.1. The Bertz CT molecular complexity index is 668. The number of carbonyl (C=O) groups is 1. The first-order chi connectivity index (χ1) is 11.6. The maximum Gasteiger partial charge on any atom is 0.491 e. The van der Waals surface area contributed by atoms with Gasteiger partial charge >= 0.3 is 7.12 Å². The Morgan fingerprint density at radius 1 is 1.28 bits per heavy atom. The highest BCUT2D eigenvalue weighted by atomic mass is 32.2. The van der Waals surface area contributed by atoms with Crippen molar-refractivity contribution in [2.75, 3.05) is 12.9 Å². The molecule has 0 bridgehead atoms. The summed E-state index contributed by atoms with van der Waals surface area (Å²) in [5.74, 6) is 1.10. The number of phenols is 1. The second-order valence-corrected chi connectivity index (χ2v) is 8.16. The molecule has 0 aromatic heterocycles. The summed E-state index contributed by atoms with van der Waals surface area (Å²) in [6.07, 6.45) is 1.81. The summed E-state index contributed by atoms with van der Waals surface area (Å²) in [6, 6.07) is 5.08. The number of methoxy groups -OCH3 is 1.